The van der Waals surface area contributed by atoms with Crippen LogP contribution in [0.4, 0.5) is 4.39 Å². The number of aliphatic hydroxyl groups is 1. The molecule has 19 heavy (non-hydrogen) atoms. The lowest BCUT2D eigenvalue weighted by Gasteiger charge is -2.44. The monoisotopic (exact) mass is 282 g/mol. The third kappa shape index (κ3) is 2.48. The molecule has 0 saturated carbocycles. The number of hydrogen-bond acceptors (Lipinski definition) is 3. The van der Waals surface area contributed by atoms with E-state index in [0.717, 1.165) is 12.8 Å². The molecule has 1 N–H and O–H groups in total. The number of fused-ring (bicyclic) bond motifs is 2. The largest absolute Gasteiger partial charge is 0.496 e. The lowest BCUT2D eigenvalue weighted by molar-refractivity contribution is 0.00581. The third-order valence-corrected chi connectivity index (χ3v) is 5.81. The van der Waals surface area contributed by atoms with Crippen molar-refractivity contribution in [1.29, 1.82) is 0 Å². The van der Waals surface area contributed by atoms with Crippen molar-refractivity contribution in [2.24, 2.45) is 0 Å². The van der Waals surface area contributed by atoms with Crippen LogP contribution in [-0.2, 0) is 5.60 Å². The summed E-state index contributed by atoms with van der Waals surface area (Å²) < 4.78 is 18.8. The molecule has 2 heterocycles. The number of hydrogen-bond donors (Lipinski definition) is 1. The van der Waals surface area contributed by atoms with Crippen molar-refractivity contribution in [2.75, 3.05) is 7.11 Å². The van der Waals surface area contributed by atoms with E-state index >= 15 is 0 Å². The summed E-state index contributed by atoms with van der Waals surface area (Å²) >= 11 is 1.99. The van der Waals surface area contributed by atoms with Crippen LogP contribution in [0.1, 0.15) is 37.7 Å². The molecule has 4 heteroatoms. The number of rotatable bonds is 2. The standard InChI is InChI=1S/C15H19FO2S/c1-18-14-6-5-10(16)7-13(14)15(17)8-11-3-2-4-12(9-15)19-11/h5-7,11-12,17H,2-4,8-9H2,1H3. The molecule has 0 aromatic heterocycles. The Morgan fingerprint density at radius 2 is 2.00 bits per heavy atom. The Morgan fingerprint density at radius 3 is 2.63 bits per heavy atom. The van der Waals surface area contributed by atoms with E-state index in [4.69, 9.17) is 4.74 Å². The molecule has 1 aromatic rings. The molecule has 0 aliphatic carbocycles. The highest BCUT2D eigenvalue weighted by atomic mass is 32.2. The van der Waals surface area contributed by atoms with Crippen LogP contribution in [-0.4, -0.2) is 22.7 Å². The van der Waals surface area contributed by atoms with E-state index in [2.05, 4.69) is 0 Å². The van der Waals surface area contributed by atoms with Crippen molar-refractivity contribution < 1.29 is 14.2 Å². The zero-order chi connectivity index (χ0) is 13.5. The third-order valence-electron chi connectivity index (χ3n) is 4.23. The molecule has 2 unspecified atom stereocenters. The summed E-state index contributed by atoms with van der Waals surface area (Å²) in [4.78, 5) is 0. The van der Waals surface area contributed by atoms with Crippen LogP contribution < -0.4 is 4.74 Å². The summed E-state index contributed by atoms with van der Waals surface area (Å²) in [5.74, 6) is 0.279. The van der Waals surface area contributed by atoms with Crippen LogP contribution in [0.3, 0.4) is 0 Å². The van der Waals surface area contributed by atoms with Gasteiger partial charge in [-0.1, -0.05) is 6.42 Å². The number of methoxy groups -OCH3 is 1. The quantitative estimate of drug-likeness (QED) is 0.900. The molecule has 0 spiro atoms. The predicted molar refractivity (Wildman–Crippen MR) is 75.1 cm³/mol. The van der Waals surface area contributed by atoms with Gasteiger partial charge in [0.2, 0.25) is 0 Å². The van der Waals surface area contributed by atoms with Gasteiger partial charge in [-0.3, -0.25) is 0 Å². The number of benzene rings is 1. The Bertz CT molecular complexity index is 465. The van der Waals surface area contributed by atoms with Gasteiger partial charge in [0.15, 0.2) is 0 Å². The maximum Gasteiger partial charge on any atom is 0.125 e. The second kappa shape index (κ2) is 4.98. The van der Waals surface area contributed by atoms with E-state index in [1.54, 1.807) is 13.2 Å². The first kappa shape index (κ1) is 13.3. The van der Waals surface area contributed by atoms with Gasteiger partial charge in [-0.15, -0.1) is 0 Å². The van der Waals surface area contributed by atoms with E-state index < -0.39 is 5.60 Å². The molecule has 2 atom stereocenters. The normalized spacial score (nSPS) is 34.1. The molecule has 104 valence electrons. The van der Waals surface area contributed by atoms with Crippen molar-refractivity contribution in [3.63, 3.8) is 0 Å². The molecule has 2 fully saturated rings. The van der Waals surface area contributed by atoms with Gasteiger partial charge in [0.25, 0.3) is 0 Å². The Kier molecular flexibility index (Phi) is 3.48. The molecule has 2 aliphatic rings. The van der Waals surface area contributed by atoms with Crippen molar-refractivity contribution >= 4 is 11.8 Å². The first-order valence-corrected chi connectivity index (χ1v) is 7.77. The first-order valence-electron chi connectivity index (χ1n) is 6.82. The average Bonchev–Trinajstić information content (AvgIpc) is 2.38. The summed E-state index contributed by atoms with van der Waals surface area (Å²) in [6, 6.07) is 4.43. The molecular weight excluding hydrogens is 263 g/mol. The van der Waals surface area contributed by atoms with Crippen LogP contribution >= 0.6 is 11.8 Å². The van der Waals surface area contributed by atoms with Gasteiger partial charge < -0.3 is 9.84 Å². The SMILES string of the molecule is COc1ccc(F)cc1C1(O)CC2CCCC(C1)S2. The van der Waals surface area contributed by atoms with Crippen molar-refractivity contribution in [2.45, 2.75) is 48.2 Å². The molecule has 1 aromatic carbocycles. The van der Waals surface area contributed by atoms with Gasteiger partial charge in [-0.2, -0.15) is 11.8 Å². The van der Waals surface area contributed by atoms with Crippen LogP contribution in [0, 0.1) is 5.82 Å². The Morgan fingerprint density at radius 1 is 1.32 bits per heavy atom. The fraction of sp³-hybridized carbons (Fsp3) is 0.600. The molecule has 2 nitrogen and oxygen atoms in total. The fourth-order valence-corrected chi connectivity index (χ4v) is 5.28. The minimum Gasteiger partial charge on any atom is -0.496 e. The topological polar surface area (TPSA) is 29.5 Å². The summed E-state index contributed by atoms with van der Waals surface area (Å²) in [5.41, 5.74) is -0.318. The van der Waals surface area contributed by atoms with Gasteiger partial charge in [-0.25, -0.2) is 4.39 Å². The van der Waals surface area contributed by atoms with Gasteiger partial charge in [0.1, 0.15) is 11.6 Å². The second-order valence-electron chi connectivity index (χ2n) is 5.60. The molecule has 2 saturated heterocycles. The van der Waals surface area contributed by atoms with Crippen molar-refractivity contribution in [3.05, 3.63) is 29.6 Å². The van der Waals surface area contributed by atoms with E-state index in [1.807, 2.05) is 11.8 Å². The molecule has 2 bridgehead atoms. The van der Waals surface area contributed by atoms with Gasteiger partial charge in [-0.05, 0) is 43.9 Å². The van der Waals surface area contributed by atoms with Crippen LogP contribution in [0.2, 0.25) is 0 Å². The summed E-state index contributed by atoms with van der Waals surface area (Å²) in [6.07, 6.45) is 4.96. The molecule has 0 radical (unpaired) electrons. The van der Waals surface area contributed by atoms with Crippen LogP contribution in [0.15, 0.2) is 18.2 Å². The van der Waals surface area contributed by atoms with Crippen molar-refractivity contribution in [1.82, 2.24) is 0 Å². The van der Waals surface area contributed by atoms with E-state index in [0.29, 0.717) is 34.7 Å². The van der Waals surface area contributed by atoms with Gasteiger partial charge in [0.05, 0.1) is 12.7 Å². The summed E-state index contributed by atoms with van der Waals surface area (Å²) in [5, 5.41) is 12.0. The number of ether oxygens (including phenoxy) is 1. The maximum absolute atomic E-state index is 13.5. The first-order chi connectivity index (χ1) is 9.10. The summed E-state index contributed by atoms with van der Waals surface area (Å²) in [7, 11) is 1.57. The molecular formula is C15H19FO2S. The number of thioether (sulfide) groups is 1. The second-order valence-corrected chi connectivity index (χ2v) is 7.20. The highest BCUT2D eigenvalue weighted by Crippen LogP contribution is 2.51. The summed E-state index contributed by atoms with van der Waals surface area (Å²) in [6.45, 7) is 0. The molecule has 3 rings (SSSR count). The average molecular weight is 282 g/mol. The lowest BCUT2D eigenvalue weighted by Crippen LogP contribution is -2.40. The lowest BCUT2D eigenvalue weighted by atomic mass is 9.80. The Hall–Kier alpha value is -0.740. The maximum atomic E-state index is 13.5. The predicted octanol–water partition coefficient (Wildman–Crippen LogP) is 3.47. The highest BCUT2D eigenvalue weighted by Gasteiger charge is 2.44. The van der Waals surface area contributed by atoms with E-state index in [1.165, 1.54) is 18.6 Å². The smallest absolute Gasteiger partial charge is 0.125 e. The Labute approximate surface area is 117 Å². The van der Waals surface area contributed by atoms with Gasteiger partial charge >= 0.3 is 0 Å². The van der Waals surface area contributed by atoms with E-state index in [9.17, 15) is 9.50 Å². The fourth-order valence-electron chi connectivity index (χ4n) is 3.38. The molecule has 2 aliphatic heterocycles. The number of halogens is 1. The van der Waals surface area contributed by atoms with Gasteiger partial charge in [0, 0.05) is 16.1 Å². The zero-order valence-corrected chi connectivity index (χ0v) is 11.9. The minimum atomic E-state index is -0.936. The van der Waals surface area contributed by atoms with Crippen LogP contribution in [0.5, 0.6) is 5.75 Å². The van der Waals surface area contributed by atoms with E-state index in [-0.39, 0.29) is 5.82 Å². The van der Waals surface area contributed by atoms with Crippen molar-refractivity contribution in [3.8, 4) is 5.75 Å². The Balaban J connectivity index is 1.97. The highest BCUT2D eigenvalue weighted by molar-refractivity contribution is 8.00. The molecule has 0 amide bonds. The zero-order valence-electron chi connectivity index (χ0n) is 11.1. The minimum absolute atomic E-state index is 0.312. The van der Waals surface area contributed by atoms with Crippen LogP contribution in [0.25, 0.3) is 0 Å².